The van der Waals surface area contributed by atoms with Crippen molar-refractivity contribution in [2.75, 3.05) is 26.4 Å². The minimum atomic E-state index is -5.96. The summed E-state index contributed by atoms with van der Waals surface area (Å²) in [6.45, 7) is 2.71. The highest BCUT2D eigenvalue weighted by atomic mass is 32.2. The first-order valence-corrected chi connectivity index (χ1v) is 11.4. The number of alkyl halides is 4. The molecule has 0 amide bonds. The first kappa shape index (κ1) is 22.7. The smallest absolute Gasteiger partial charge is 0.504 e. The second kappa shape index (κ2) is 8.11. The van der Waals surface area contributed by atoms with E-state index in [0.29, 0.717) is 29.7 Å². The Bertz CT molecular complexity index is 1150. The molecule has 1 aliphatic carbocycles. The molecule has 1 N–H and O–H groups in total. The molecule has 1 atom stereocenters. The predicted octanol–water partition coefficient (Wildman–Crippen LogP) is 4.11. The van der Waals surface area contributed by atoms with Crippen molar-refractivity contribution in [3.05, 3.63) is 41.0 Å². The Morgan fingerprint density at radius 1 is 1.22 bits per heavy atom. The largest absolute Gasteiger partial charge is 0.534 e. The summed E-state index contributed by atoms with van der Waals surface area (Å²) >= 11 is 0. The summed E-state index contributed by atoms with van der Waals surface area (Å²) in [6.07, 6.45) is 1.15. The minimum absolute atomic E-state index is 0.0217. The normalized spacial score (nSPS) is 18.1. The first-order valence-electron chi connectivity index (χ1n) is 10.0. The highest BCUT2D eigenvalue weighted by molar-refractivity contribution is 7.88. The SMILES string of the molecule is CCN1CCc2cc(OCCF)cc3c2[C@H]1Cc1ccc(OS(=O)(=O)C(F)(F)F)c(O)c1-3. The molecule has 6 nitrogen and oxygen atoms in total. The Hall–Kier alpha value is -2.53. The Balaban J connectivity index is 1.88. The van der Waals surface area contributed by atoms with Crippen LogP contribution in [0, 0.1) is 0 Å². The van der Waals surface area contributed by atoms with Gasteiger partial charge < -0.3 is 14.0 Å². The summed E-state index contributed by atoms with van der Waals surface area (Å²) < 4.78 is 83.6. The van der Waals surface area contributed by atoms with Gasteiger partial charge in [-0.1, -0.05) is 13.0 Å². The van der Waals surface area contributed by atoms with Gasteiger partial charge in [0.05, 0.1) is 0 Å². The van der Waals surface area contributed by atoms with E-state index < -0.39 is 33.8 Å². The molecule has 1 heterocycles. The van der Waals surface area contributed by atoms with Gasteiger partial charge in [-0.3, -0.25) is 4.90 Å². The number of nitrogens with zero attached hydrogens (tertiary/aromatic N) is 1. The van der Waals surface area contributed by atoms with Crippen molar-refractivity contribution in [1.29, 1.82) is 0 Å². The molecule has 0 spiro atoms. The molecule has 11 heteroatoms. The van der Waals surface area contributed by atoms with Crippen LogP contribution in [0.15, 0.2) is 24.3 Å². The number of halogens is 4. The van der Waals surface area contributed by atoms with Crippen LogP contribution in [0.2, 0.25) is 0 Å². The topological polar surface area (TPSA) is 76.1 Å². The molecule has 0 unspecified atom stereocenters. The number of hydrogen-bond donors (Lipinski definition) is 1. The summed E-state index contributed by atoms with van der Waals surface area (Å²) in [5.74, 6) is -1.15. The highest BCUT2D eigenvalue weighted by Gasteiger charge is 2.49. The number of ether oxygens (including phenoxy) is 1. The van der Waals surface area contributed by atoms with Gasteiger partial charge in [0.1, 0.15) is 19.0 Å². The minimum Gasteiger partial charge on any atom is -0.504 e. The zero-order valence-corrected chi connectivity index (χ0v) is 17.9. The number of benzene rings is 2. The molecule has 4 rings (SSSR count). The molecule has 0 aromatic heterocycles. The Labute approximate surface area is 182 Å². The van der Waals surface area contributed by atoms with Gasteiger partial charge in [0.2, 0.25) is 0 Å². The fourth-order valence-corrected chi connectivity index (χ4v) is 4.93. The molecule has 0 bridgehead atoms. The van der Waals surface area contributed by atoms with E-state index in [0.717, 1.165) is 30.3 Å². The lowest BCUT2D eigenvalue weighted by molar-refractivity contribution is -0.0500. The quantitative estimate of drug-likeness (QED) is 0.385. The van der Waals surface area contributed by atoms with Crippen molar-refractivity contribution >= 4 is 10.1 Å². The van der Waals surface area contributed by atoms with E-state index >= 15 is 0 Å². The third kappa shape index (κ3) is 3.77. The van der Waals surface area contributed by atoms with Gasteiger partial charge in [-0.15, -0.1) is 0 Å². The second-order valence-corrected chi connectivity index (χ2v) is 9.15. The number of fused-ring (bicyclic) bond motifs is 2. The molecular weight excluding hydrogens is 454 g/mol. The number of hydrogen-bond acceptors (Lipinski definition) is 6. The van der Waals surface area contributed by atoms with Gasteiger partial charge in [0.25, 0.3) is 0 Å². The van der Waals surface area contributed by atoms with E-state index in [1.165, 1.54) is 6.07 Å². The summed E-state index contributed by atoms with van der Waals surface area (Å²) in [6, 6.07) is 5.86. The van der Waals surface area contributed by atoms with Crippen LogP contribution in [0.5, 0.6) is 17.2 Å². The first-order chi connectivity index (χ1) is 15.1. The van der Waals surface area contributed by atoms with Gasteiger partial charge in [-0.2, -0.15) is 21.6 Å². The monoisotopic (exact) mass is 475 g/mol. The number of likely N-dealkylation sites (N-methyl/N-ethyl adjacent to an activating group) is 1. The maximum Gasteiger partial charge on any atom is 0.534 e. The van der Waals surface area contributed by atoms with Gasteiger partial charge >= 0.3 is 15.6 Å². The average molecular weight is 475 g/mol. The van der Waals surface area contributed by atoms with Crippen LogP contribution in [0.25, 0.3) is 11.1 Å². The van der Waals surface area contributed by atoms with Crippen molar-refractivity contribution in [2.45, 2.75) is 31.3 Å². The zero-order chi connectivity index (χ0) is 23.3. The molecule has 0 saturated heterocycles. The summed E-state index contributed by atoms with van der Waals surface area (Å²) in [7, 11) is -5.96. The number of phenols is 1. The molecule has 174 valence electrons. The molecule has 2 aliphatic rings. The third-order valence-electron chi connectivity index (χ3n) is 5.83. The van der Waals surface area contributed by atoms with Gasteiger partial charge in [-0.05, 0) is 59.8 Å². The van der Waals surface area contributed by atoms with E-state index in [-0.39, 0.29) is 18.2 Å². The third-order valence-corrected chi connectivity index (χ3v) is 6.79. The van der Waals surface area contributed by atoms with Crippen molar-refractivity contribution in [3.8, 4) is 28.4 Å². The molecule has 1 aliphatic heterocycles. The van der Waals surface area contributed by atoms with Crippen LogP contribution in [0.4, 0.5) is 17.6 Å². The fraction of sp³-hybridized carbons (Fsp3) is 0.429. The van der Waals surface area contributed by atoms with Crippen LogP contribution in [-0.2, 0) is 23.0 Å². The fourth-order valence-electron chi connectivity index (χ4n) is 4.47. The van der Waals surface area contributed by atoms with Crippen molar-refractivity contribution < 1.29 is 40.0 Å². The molecule has 0 radical (unpaired) electrons. The summed E-state index contributed by atoms with van der Waals surface area (Å²) in [5, 5.41) is 10.8. The molecule has 32 heavy (non-hydrogen) atoms. The van der Waals surface area contributed by atoms with E-state index in [2.05, 4.69) is 9.08 Å². The standard InChI is InChI=1S/C21H21F4NO5S/c1-2-26-7-5-13-9-14(30-8-6-22)11-15-18(13)16(26)10-12-3-4-17(20(27)19(12)15)31-32(28,29)21(23,24)25/h3-4,9,11,16,27H,2,5-8,10H2,1H3/t16-/m1/s1. The summed E-state index contributed by atoms with van der Waals surface area (Å²) in [4.78, 5) is 2.26. The number of aromatic hydroxyl groups is 1. The van der Waals surface area contributed by atoms with Crippen molar-refractivity contribution in [2.24, 2.45) is 0 Å². The highest BCUT2D eigenvalue weighted by Crippen LogP contribution is 2.52. The zero-order valence-electron chi connectivity index (χ0n) is 17.1. The number of rotatable bonds is 6. The van der Waals surface area contributed by atoms with Crippen LogP contribution in [0.3, 0.4) is 0 Å². The molecule has 2 aromatic carbocycles. The lowest BCUT2D eigenvalue weighted by Gasteiger charge is -2.41. The van der Waals surface area contributed by atoms with Gasteiger partial charge in [0.15, 0.2) is 11.5 Å². The number of phenolic OH excluding ortho intramolecular Hbond substituents is 1. The average Bonchev–Trinajstić information content (AvgIpc) is 2.73. The summed E-state index contributed by atoms with van der Waals surface area (Å²) in [5.41, 5.74) is -2.48. The van der Waals surface area contributed by atoms with E-state index in [9.17, 15) is 31.1 Å². The van der Waals surface area contributed by atoms with E-state index in [1.54, 1.807) is 6.07 Å². The second-order valence-electron chi connectivity index (χ2n) is 7.61. The van der Waals surface area contributed by atoms with Crippen LogP contribution < -0.4 is 8.92 Å². The molecule has 0 saturated carbocycles. The van der Waals surface area contributed by atoms with E-state index in [4.69, 9.17) is 4.74 Å². The molecule has 2 aromatic rings. The van der Waals surface area contributed by atoms with Gasteiger partial charge in [-0.25, -0.2) is 4.39 Å². The Morgan fingerprint density at radius 2 is 1.97 bits per heavy atom. The van der Waals surface area contributed by atoms with Crippen molar-refractivity contribution in [3.63, 3.8) is 0 Å². The van der Waals surface area contributed by atoms with Gasteiger partial charge in [0, 0.05) is 18.2 Å². The molecular formula is C21H21F4NO5S. The molecule has 0 fully saturated rings. The Morgan fingerprint density at radius 3 is 2.62 bits per heavy atom. The lowest BCUT2D eigenvalue weighted by Crippen LogP contribution is -2.38. The van der Waals surface area contributed by atoms with E-state index in [1.807, 2.05) is 13.0 Å². The lowest BCUT2D eigenvalue weighted by atomic mass is 9.76. The van der Waals surface area contributed by atoms with Crippen LogP contribution >= 0.6 is 0 Å². The van der Waals surface area contributed by atoms with Crippen molar-refractivity contribution in [1.82, 2.24) is 4.90 Å². The predicted molar refractivity (Wildman–Crippen MR) is 108 cm³/mol. The maximum absolute atomic E-state index is 12.8. The van der Waals surface area contributed by atoms with Crippen LogP contribution in [0.1, 0.15) is 29.7 Å². The maximum atomic E-state index is 12.8. The Kier molecular flexibility index (Phi) is 5.74. The van der Waals surface area contributed by atoms with Crippen LogP contribution in [-0.4, -0.2) is 50.3 Å².